The Bertz CT molecular complexity index is 311. The fourth-order valence-electron chi connectivity index (χ4n) is 2.33. The standard InChI is InChI=1S/C16H33N3O3.HI/c1-4-17-15(19-14-16(2)8-7-11-22-16)18-9-5-6-10-21-13-12-20-3;/h4-14H2,1-3H3,(H2,17,18,19);1H. The summed E-state index contributed by atoms with van der Waals surface area (Å²) in [5.74, 6) is 0.875. The fourth-order valence-corrected chi connectivity index (χ4v) is 2.33. The Hall–Kier alpha value is -0.120. The Kier molecular flexibility index (Phi) is 14.2. The van der Waals surface area contributed by atoms with Crippen molar-refractivity contribution in [2.45, 2.75) is 45.1 Å². The van der Waals surface area contributed by atoms with Crippen LogP contribution in [0.4, 0.5) is 0 Å². The number of hydrogen-bond donors (Lipinski definition) is 2. The number of methoxy groups -OCH3 is 1. The maximum Gasteiger partial charge on any atom is 0.191 e. The summed E-state index contributed by atoms with van der Waals surface area (Å²) >= 11 is 0. The molecule has 23 heavy (non-hydrogen) atoms. The Morgan fingerprint density at radius 2 is 2.04 bits per heavy atom. The summed E-state index contributed by atoms with van der Waals surface area (Å²) < 4.78 is 16.1. The summed E-state index contributed by atoms with van der Waals surface area (Å²) in [7, 11) is 1.69. The Balaban J connectivity index is 0.00000484. The van der Waals surface area contributed by atoms with E-state index in [0.717, 1.165) is 57.9 Å². The van der Waals surface area contributed by atoms with Crippen molar-refractivity contribution >= 4 is 29.9 Å². The Morgan fingerprint density at radius 1 is 1.22 bits per heavy atom. The van der Waals surface area contributed by atoms with Gasteiger partial charge in [0.05, 0.1) is 25.4 Å². The van der Waals surface area contributed by atoms with E-state index < -0.39 is 0 Å². The van der Waals surface area contributed by atoms with Gasteiger partial charge in [0.25, 0.3) is 0 Å². The molecule has 0 aromatic rings. The molecule has 0 bridgehead atoms. The van der Waals surface area contributed by atoms with Crippen LogP contribution in [-0.4, -0.2) is 64.7 Å². The van der Waals surface area contributed by atoms with Crippen LogP contribution in [0.3, 0.4) is 0 Å². The zero-order chi connectivity index (χ0) is 16.1. The van der Waals surface area contributed by atoms with Crippen molar-refractivity contribution in [3.63, 3.8) is 0 Å². The van der Waals surface area contributed by atoms with Gasteiger partial charge in [-0.2, -0.15) is 0 Å². The SMILES string of the molecule is CCNC(=NCC1(C)CCCO1)NCCCCOCCOC.I. The minimum Gasteiger partial charge on any atom is -0.382 e. The lowest BCUT2D eigenvalue weighted by molar-refractivity contribution is 0.0283. The molecular weight excluding hydrogens is 409 g/mol. The molecule has 1 fully saturated rings. The molecule has 0 radical (unpaired) electrons. The molecule has 2 N–H and O–H groups in total. The van der Waals surface area contributed by atoms with Crippen LogP contribution < -0.4 is 10.6 Å². The minimum absolute atomic E-state index is 0. The first-order valence-electron chi connectivity index (χ1n) is 8.43. The molecule has 0 aromatic heterocycles. The third-order valence-electron chi connectivity index (χ3n) is 3.66. The van der Waals surface area contributed by atoms with Gasteiger partial charge in [0.2, 0.25) is 0 Å². The molecule has 1 rings (SSSR count). The van der Waals surface area contributed by atoms with Crippen LogP contribution in [0.5, 0.6) is 0 Å². The van der Waals surface area contributed by atoms with Gasteiger partial charge in [0, 0.05) is 33.4 Å². The first kappa shape index (κ1) is 22.9. The van der Waals surface area contributed by atoms with Gasteiger partial charge in [-0.15, -0.1) is 24.0 Å². The largest absolute Gasteiger partial charge is 0.382 e. The molecule has 1 heterocycles. The molecule has 1 aliphatic heterocycles. The topological polar surface area (TPSA) is 64.1 Å². The highest BCUT2D eigenvalue weighted by Crippen LogP contribution is 2.24. The highest BCUT2D eigenvalue weighted by Gasteiger charge is 2.29. The van der Waals surface area contributed by atoms with Crippen molar-refractivity contribution in [3.05, 3.63) is 0 Å². The van der Waals surface area contributed by atoms with Gasteiger partial charge in [-0.25, -0.2) is 0 Å². The zero-order valence-corrected chi connectivity index (χ0v) is 17.2. The molecular formula is C16H34IN3O3. The van der Waals surface area contributed by atoms with Crippen molar-refractivity contribution in [2.24, 2.45) is 4.99 Å². The minimum atomic E-state index is -0.0858. The number of nitrogens with one attached hydrogen (secondary N) is 2. The fraction of sp³-hybridized carbons (Fsp3) is 0.938. The van der Waals surface area contributed by atoms with Crippen molar-refractivity contribution < 1.29 is 14.2 Å². The van der Waals surface area contributed by atoms with Crippen LogP contribution in [0.1, 0.15) is 39.5 Å². The van der Waals surface area contributed by atoms with E-state index >= 15 is 0 Å². The highest BCUT2D eigenvalue weighted by atomic mass is 127. The van der Waals surface area contributed by atoms with E-state index in [1.54, 1.807) is 7.11 Å². The molecule has 6 nitrogen and oxygen atoms in total. The maximum absolute atomic E-state index is 5.77. The van der Waals surface area contributed by atoms with Crippen LogP contribution in [-0.2, 0) is 14.2 Å². The Morgan fingerprint density at radius 3 is 2.70 bits per heavy atom. The van der Waals surface area contributed by atoms with Crippen molar-refractivity contribution in [1.29, 1.82) is 0 Å². The third kappa shape index (κ3) is 11.1. The summed E-state index contributed by atoms with van der Waals surface area (Å²) in [6, 6.07) is 0. The van der Waals surface area contributed by atoms with Gasteiger partial charge in [-0.3, -0.25) is 4.99 Å². The lowest BCUT2D eigenvalue weighted by Crippen LogP contribution is -2.39. The van der Waals surface area contributed by atoms with Crippen LogP contribution in [0.2, 0.25) is 0 Å². The van der Waals surface area contributed by atoms with Crippen molar-refractivity contribution in [3.8, 4) is 0 Å². The van der Waals surface area contributed by atoms with E-state index in [9.17, 15) is 0 Å². The second kappa shape index (κ2) is 14.2. The predicted octanol–water partition coefficient (Wildman–Crippen LogP) is 2.17. The predicted molar refractivity (Wildman–Crippen MR) is 105 cm³/mol. The number of aliphatic imine (C=N–C) groups is 1. The van der Waals surface area contributed by atoms with Crippen LogP contribution in [0, 0.1) is 0 Å². The van der Waals surface area contributed by atoms with E-state index in [4.69, 9.17) is 14.2 Å². The summed E-state index contributed by atoms with van der Waals surface area (Å²) in [6.07, 6.45) is 4.33. The molecule has 1 aliphatic rings. The van der Waals surface area contributed by atoms with Gasteiger partial charge < -0.3 is 24.8 Å². The monoisotopic (exact) mass is 443 g/mol. The lowest BCUT2D eigenvalue weighted by Gasteiger charge is -2.21. The number of ether oxygens (including phenoxy) is 3. The summed E-state index contributed by atoms with van der Waals surface area (Å²) in [5, 5.41) is 6.65. The lowest BCUT2D eigenvalue weighted by atomic mass is 10.0. The van der Waals surface area contributed by atoms with E-state index in [0.29, 0.717) is 19.8 Å². The molecule has 1 saturated heterocycles. The van der Waals surface area contributed by atoms with E-state index in [-0.39, 0.29) is 29.6 Å². The van der Waals surface area contributed by atoms with Crippen molar-refractivity contribution in [2.75, 3.05) is 53.2 Å². The third-order valence-corrected chi connectivity index (χ3v) is 3.66. The first-order valence-corrected chi connectivity index (χ1v) is 8.43. The van der Waals surface area contributed by atoms with Crippen LogP contribution in [0.25, 0.3) is 0 Å². The van der Waals surface area contributed by atoms with E-state index in [1.807, 2.05) is 0 Å². The quantitative estimate of drug-likeness (QED) is 0.222. The molecule has 0 aliphatic carbocycles. The molecule has 0 amide bonds. The molecule has 1 unspecified atom stereocenters. The molecule has 1 atom stereocenters. The second-order valence-electron chi connectivity index (χ2n) is 5.84. The molecule has 0 spiro atoms. The van der Waals surface area contributed by atoms with Gasteiger partial charge in [0.1, 0.15) is 0 Å². The van der Waals surface area contributed by atoms with Gasteiger partial charge in [-0.05, 0) is 39.5 Å². The smallest absolute Gasteiger partial charge is 0.191 e. The van der Waals surface area contributed by atoms with Crippen LogP contribution in [0.15, 0.2) is 4.99 Å². The van der Waals surface area contributed by atoms with Crippen LogP contribution >= 0.6 is 24.0 Å². The van der Waals surface area contributed by atoms with E-state index in [1.165, 1.54) is 0 Å². The average Bonchev–Trinajstić information content (AvgIpc) is 2.94. The first-order chi connectivity index (χ1) is 10.7. The molecule has 0 aromatic carbocycles. The average molecular weight is 443 g/mol. The number of nitrogens with zero attached hydrogens (tertiary/aromatic N) is 1. The molecule has 0 saturated carbocycles. The zero-order valence-electron chi connectivity index (χ0n) is 14.9. The molecule has 7 heteroatoms. The van der Waals surface area contributed by atoms with Gasteiger partial charge >= 0.3 is 0 Å². The van der Waals surface area contributed by atoms with Gasteiger partial charge in [-0.1, -0.05) is 0 Å². The number of hydrogen-bond acceptors (Lipinski definition) is 4. The normalized spacial score (nSPS) is 21.1. The van der Waals surface area contributed by atoms with E-state index in [2.05, 4.69) is 29.5 Å². The summed E-state index contributed by atoms with van der Waals surface area (Å²) in [5.41, 5.74) is -0.0858. The van der Waals surface area contributed by atoms with Crippen molar-refractivity contribution in [1.82, 2.24) is 10.6 Å². The second-order valence-corrected chi connectivity index (χ2v) is 5.84. The summed E-state index contributed by atoms with van der Waals surface area (Å²) in [4.78, 5) is 4.65. The Labute approximate surface area is 158 Å². The van der Waals surface area contributed by atoms with Gasteiger partial charge in [0.15, 0.2) is 5.96 Å². The number of guanidine groups is 1. The molecule has 138 valence electrons. The highest BCUT2D eigenvalue weighted by molar-refractivity contribution is 14.0. The number of halogens is 1. The maximum atomic E-state index is 5.77. The number of unbranched alkanes of at least 4 members (excludes halogenated alkanes) is 1. The summed E-state index contributed by atoms with van der Waals surface area (Å²) in [6.45, 7) is 9.68. The number of rotatable bonds is 11.